The second-order valence-electron chi connectivity index (χ2n) is 4.10. The molecule has 3 N–H and O–H groups in total. The van der Waals surface area contributed by atoms with E-state index in [1.807, 2.05) is 0 Å². The molecule has 1 aromatic carbocycles. The smallest absolute Gasteiger partial charge is 0.164 e. The number of aliphatic hydroxyl groups excluding tert-OH is 1. The second kappa shape index (κ2) is 4.99. The number of hydrogen-bond donors (Lipinski definition) is 3. The van der Waals surface area contributed by atoms with E-state index in [0.29, 0.717) is 5.56 Å². The predicted molar refractivity (Wildman–Crippen MR) is 59.3 cm³/mol. The zero-order valence-corrected chi connectivity index (χ0v) is 9.34. The molecule has 0 aliphatic carbocycles. The molecule has 0 radical (unpaired) electrons. The molecule has 0 bridgehead atoms. The van der Waals surface area contributed by atoms with Crippen molar-refractivity contribution in [2.75, 3.05) is 0 Å². The first-order valence-corrected chi connectivity index (χ1v) is 5.14. The highest BCUT2D eigenvalue weighted by Gasteiger charge is 2.18. The molecule has 1 atom stereocenters. The zero-order chi connectivity index (χ0) is 12.3. The van der Waals surface area contributed by atoms with E-state index in [1.54, 1.807) is 19.9 Å². The fourth-order valence-corrected chi connectivity index (χ4v) is 1.40. The topological polar surface area (TPSA) is 77.8 Å². The Morgan fingerprint density at radius 3 is 2.38 bits per heavy atom. The number of rotatable bonds is 4. The fraction of sp³-hybridized carbons (Fsp3) is 0.417. The molecule has 1 aromatic rings. The lowest BCUT2D eigenvalue weighted by Gasteiger charge is -2.12. The summed E-state index contributed by atoms with van der Waals surface area (Å²) in [7, 11) is 0. The summed E-state index contributed by atoms with van der Waals surface area (Å²) < 4.78 is 0. The summed E-state index contributed by atoms with van der Waals surface area (Å²) >= 11 is 0. The number of phenols is 2. The van der Waals surface area contributed by atoms with E-state index >= 15 is 0 Å². The normalized spacial score (nSPS) is 12.8. The highest BCUT2D eigenvalue weighted by atomic mass is 16.3. The van der Waals surface area contributed by atoms with Crippen molar-refractivity contribution in [2.45, 2.75) is 26.4 Å². The summed E-state index contributed by atoms with van der Waals surface area (Å²) in [6.45, 7) is 3.44. The van der Waals surface area contributed by atoms with Crippen molar-refractivity contribution >= 4 is 5.78 Å². The Hall–Kier alpha value is -1.55. The van der Waals surface area contributed by atoms with Crippen LogP contribution in [0.5, 0.6) is 11.5 Å². The van der Waals surface area contributed by atoms with Crippen molar-refractivity contribution in [3.8, 4) is 11.5 Å². The van der Waals surface area contributed by atoms with Crippen LogP contribution in [0, 0.1) is 5.92 Å². The number of carbonyl (C=O) groups excluding carboxylic acids is 1. The van der Waals surface area contributed by atoms with E-state index in [2.05, 4.69) is 0 Å². The molecule has 0 aliphatic heterocycles. The standard InChI is InChI=1S/C12H16O4/c1-7(2)12(16)11(15)6-8-3-4-9(13)10(14)5-8/h3-5,7,11,13-15H,6H2,1-2H3/t11-/m1/s1. The Morgan fingerprint density at radius 2 is 1.88 bits per heavy atom. The van der Waals surface area contributed by atoms with Crippen LogP contribution in [0.3, 0.4) is 0 Å². The molecule has 0 unspecified atom stereocenters. The van der Waals surface area contributed by atoms with Crippen LogP contribution in [0.15, 0.2) is 18.2 Å². The average molecular weight is 224 g/mol. The van der Waals surface area contributed by atoms with Gasteiger partial charge in [-0.05, 0) is 17.7 Å². The molecule has 88 valence electrons. The number of Topliss-reactive ketones (excluding diaryl/α,β-unsaturated/α-hetero) is 1. The molecule has 0 saturated carbocycles. The third-order valence-electron chi connectivity index (χ3n) is 2.37. The molecule has 0 aromatic heterocycles. The summed E-state index contributed by atoms with van der Waals surface area (Å²) in [5, 5.41) is 27.9. The third-order valence-corrected chi connectivity index (χ3v) is 2.37. The van der Waals surface area contributed by atoms with Gasteiger partial charge in [-0.1, -0.05) is 19.9 Å². The van der Waals surface area contributed by atoms with Crippen LogP contribution < -0.4 is 0 Å². The van der Waals surface area contributed by atoms with E-state index in [-0.39, 0.29) is 29.6 Å². The van der Waals surface area contributed by atoms with Gasteiger partial charge >= 0.3 is 0 Å². The Morgan fingerprint density at radius 1 is 1.25 bits per heavy atom. The van der Waals surface area contributed by atoms with E-state index in [4.69, 9.17) is 5.11 Å². The lowest BCUT2D eigenvalue weighted by molar-refractivity contribution is -0.130. The van der Waals surface area contributed by atoms with Gasteiger partial charge in [0, 0.05) is 12.3 Å². The Kier molecular flexibility index (Phi) is 3.90. The van der Waals surface area contributed by atoms with Gasteiger partial charge in [0.25, 0.3) is 0 Å². The number of aromatic hydroxyl groups is 2. The number of benzene rings is 1. The van der Waals surface area contributed by atoms with E-state index < -0.39 is 6.10 Å². The molecule has 0 heterocycles. The minimum atomic E-state index is -1.07. The van der Waals surface area contributed by atoms with Gasteiger partial charge in [0.15, 0.2) is 17.3 Å². The van der Waals surface area contributed by atoms with Crippen molar-refractivity contribution in [1.82, 2.24) is 0 Å². The number of hydrogen-bond acceptors (Lipinski definition) is 4. The zero-order valence-electron chi connectivity index (χ0n) is 9.34. The van der Waals surface area contributed by atoms with Crippen LogP contribution in [-0.4, -0.2) is 27.2 Å². The summed E-state index contributed by atoms with van der Waals surface area (Å²) in [4.78, 5) is 11.4. The van der Waals surface area contributed by atoms with Gasteiger partial charge in [-0.15, -0.1) is 0 Å². The summed E-state index contributed by atoms with van der Waals surface area (Å²) in [6.07, 6.45) is -0.922. The third kappa shape index (κ3) is 2.97. The van der Waals surface area contributed by atoms with E-state index in [9.17, 15) is 15.0 Å². The van der Waals surface area contributed by atoms with Crippen LogP contribution >= 0.6 is 0 Å². The number of phenolic OH excluding ortho intramolecular Hbond substituents is 2. The number of carbonyl (C=O) groups is 1. The highest BCUT2D eigenvalue weighted by molar-refractivity contribution is 5.84. The summed E-state index contributed by atoms with van der Waals surface area (Å²) in [5.74, 6) is -0.914. The largest absolute Gasteiger partial charge is 0.504 e. The average Bonchev–Trinajstić information content (AvgIpc) is 2.22. The van der Waals surface area contributed by atoms with Crippen LogP contribution in [0.2, 0.25) is 0 Å². The van der Waals surface area contributed by atoms with Gasteiger partial charge < -0.3 is 15.3 Å². The molecule has 0 saturated heterocycles. The molecule has 4 heteroatoms. The lowest BCUT2D eigenvalue weighted by atomic mass is 9.98. The molecular weight excluding hydrogens is 208 g/mol. The predicted octanol–water partition coefficient (Wildman–Crippen LogP) is 1.23. The van der Waals surface area contributed by atoms with Crippen molar-refractivity contribution < 1.29 is 20.1 Å². The molecule has 16 heavy (non-hydrogen) atoms. The monoisotopic (exact) mass is 224 g/mol. The quantitative estimate of drug-likeness (QED) is 0.672. The van der Waals surface area contributed by atoms with Crippen LogP contribution in [0.1, 0.15) is 19.4 Å². The molecule has 0 amide bonds. The summed E-state index contributed by atoms with van der Waals surface area (Å²) in [6, 6.07) is 4.23. The number of ketones is 1. The van der Waals surface area contributed by atoms with Crippen molar-refractivity contribution in [2.24, 2.45) is 5.92 Å². The first kappa shape index (κ1) is 12.5. The van der Waals surface area contributed by atoms with Gasteiger partial charge in [0.05, 0.1) is 0 Å². The van der Waals surface area contributed by atoms with E-state index in [1.165, 1.54) is 12.1 Å². The lowest BCUT2D eigenvalue weighted by Crippen LogP contribution is -2.27. The van der Waals surface area contributed by atoms with Gasteiger partial charge in [0.1, 0.15) is 6.10 Å². The number of aliphatic hydroxyl groups is 1. The van der Waals surface area contributed by atoms with Crippen LogP contribution in [-0.2, 0) is 11.2 Å². The molecule has 0 spiro atoms. The maximum absolute atomic E-state index is 11.4. The first-order chi connectivity index (χ1) is 7.41. The minimum absolute atomic E-state index is 0.144. The minimum Gasteiger partial charge on any atom is -0.504 e. The SMILES string of the molecule is CC(C)C(=O)[C@H](O)Cc1ccc(O)c(O)c1. The first-order valence-electron chi connectivity index (χ1n) is 5.14. The Bertz CT molecular complexity index is 385. The molecule has 0 fully saturated rings. The van der Waals surface area contributed by atoms with Crippen LogP contribution in [0.4, 0.5) is 0 Å². The maximum Gasteiger partial charge on any atom is 0.164 e. The molecule has 1 rings (SSSR count). The fourth-order valence-electron chi connectivity index (χ4n) is 1.40. The second-order valence-corrected chi connectivity index (χ2v) is 4.10. The van der Waals surface area contributed by atoms with Gasteiger partial charge in [0.2, 0.25) is 0 Å². The highest BCUT2D eigenvalue weighted by Crippen LogP contribution is 2.25. The van der Waals surface area contributed by atoms with E-state index in [0.717, 1.165) is 0 Å². The van der Waals surface area contributed by atoms with Gasteiger partial charge in [-0.2, -0.15) is 0 Å². The van der Waals surface area contributed by atoms with Crippen LogP contribution in [0.25, 0.3) is 0 Å². The maximum atomic E-state index is 11.4. The summed E-state index contributed by atoms with van der Waals surface area (Å²) in [5.41, 5.74) is 0.608. The van der Waals surface area contributed by atoms with Gasteiger partial charge in [-0.25, -0.2) is 0 Å². The Balaban J connectivity index is 2.73. The molecular formula is C12H16O4. The van der Waals surface area contributed by atoms with Gasteiger partial charge in [-0.3, -0.25) is 4.79 Å². The molecule has 4 nitrogen and oxygen atoms in total. The van der Waals surface area contributed by atoms with Crippen molar-refractivity contribution in [1.29, 1.82) is 0 Å². The van der Waals surface area contributed by atoms with Crippen molar-refractivity contribution in [3.05, 3.63) is 23.8 Å². The molecule has 0 aliphatic rings. The van der Waals surface area contributed by atoms with Crippen molar-refractivity contribution in [3.63, 3.8) is 0 Å². The Labute approximate surface area is 94.2 Å².